The van der Waals surface area contributed by atoms with Crippen LogP contribution in [0.3, 0.4) is 0 Å². The van der Waals surface area contributed by atoms with Crippen molar-refractivity contribution in [3.63, 3.8) is 0 Å². The van der Waals surface area contributed by atoms with E-state index >= 15 is 0 Å². The maximum Gasteiger partial charge on any atom is 0.193 e. The third-order valence-electron chi connectivity index (χ3n) is 3.14. The molecule has 1 saturated carbocycles. The van der Waals surface area contributed by atoms with Gasteiger partial charge < -0.3 is 0 Å². The molecule has 0 aromatic heterocycles. The van der Waals surface area contributed by atoms with Crippen molar-refractivity contribution in [2.24, 2.45) is 0 Å². The quantitative estimate of drug-likeness (QED) is 0.783. The van der Waals surface area contributed by atoms with E-state index in [0.29, 0.717) is 17.7 Å². The molecule has 1 aromatic rings. The number of hydrogen-bond donors (Lipinski definition) is 0. The lowest BCUT2D eigenvalue weighted by molar-refractivity contribution is 0.465. The molecule has 4 heteroatoms. The maximum atomic E-state index is 12.5. The van der Waals surface area contributed by atoms with E-state index in [1.807, 2.05) is 6.07 Å². The number of sulfone groups is 1. The lowest BCUT2D eigenvalue weighted by Crippen LogP contribution is -2.34. The number of rotatable bonds is 2. The molecule has 0 amide bonds. The Hall–Kier alpha value is -0.350. The third kappa shape index (κ3) is 2.05. The van der Waals surface area contributed by atoms with Gasteiger partial charge in [0.05, 0.1) is 4.90 Å². The first-order chi connectivity index (χ1) is 7.56. The van der Waals surface area contributed by atoms with Gasteiger partial charge in [-0.25, -0.2) is 8.42 Å². The zero-order valence-electron chi connectivity index (χ0n) is 9.02. The van der Waals surface area contributed by atoms with Gasteiger partial charge in [0.2, 0.25) is 0 Å². The van der Waals surface area contributed by atoms with Crippen LogP contribution >= 0.6 is 15.9 Å². The van der Waals surface area contributed by atoms with E-state index in [-0.39, 0.29) is 0 Å². The molecule has 0 N–H and O–H groups in total. The number of halogens is 1. The molecule has 2 nitrogen and oxygen atoms in total. The molecule has 2 rings (SSSR count). The van der Waals surface area contributed by atoms with Gasteiger partial charge in [-0.2, -0.15) is 0 Å². The van der Waals surface area contributed by atoms with Crippen LogP contribution in [0, 0.1) is 0 Å². The Balaban J connectivity index is 2.39. The summed E-state index contributed by atoms with van der Waals surface area (Å²) in [4.78, 5) is 0.425. The van der Waals surface area contributed by atoms with E-state index in [1.54, 1.807) is 24.3 Å². The van der Waals surface area contributed by atoms with Gasteiger partial charge in [0.1, 0.15) is 3.66 Å². The van der Waals surface area contributed by atoms with E-state index in [4.69, 9.17) is 0 Å². The van der Waals surface area contributed by atoms with E-state index < -0.39 is 13.5 Å². The van der Waals surface area contributed by atoms with Gasteiger partial charge >= 0.3 is 0 Å². The fourth-order valence-corrected chi connectivity index (χ4v) is 5.04. The smallest absolute Gasteiger partial charge is 0.193 e. The van der Waals surface area contributed by atoms with Crippen LogP contribution in [-0.2, 0) is 9.84 Å². The summed E-state index contributed by atoms with van der Waals surface area (Å²) >= 11 is 3.47. The van der Waals surface area contributed by atoms with E-state index in [1.165, 1.54) is 0 Å². The van der Waals surface area contributed by atoms with Crippen molar-refractivity contribution in [2.45, 2.75) is 40.7 Å². The summed E-state index contributed by atoms with van der Waals surface area (Å²) in [5.41, 5.74) is 0. The highest BCUT2D eigenvalue weighted by molar-refractivity contribution is 9.11. The molecule has 0 radical (unpaired) electrons. The van der Waals surface area contributed by atoms with Gasteiger partial charge in [-0.05, 0) is 25.0 Å². The average Bonchev–Trinajstić information content (AvgIpc) is 2.31. The second-order valence-electron chi connectivity index (χ2n) is 4.26. The molecule has 0 heterocycles. The van der Waals surface area contributed by atoms with Gasteiger partial charge in [0, 0.05) is 0 Å². The Kier molecular flexibility index (Phi) is 3.40. The van der Waals surface area contributed by atoms with Crippen molar-refractivity contribution >= 4 is 25.8 Å². The largest absolute Gasteiger partial charge is 0.222 e. The molecule has 16 heavy (non-hydrogen) atoms. The molecular weight excluding hydrogens is 288 g/mol. The molecule has 0 aliphatic heterocycles. The molecule has 1 aliphatic rings. The van der Waals surface area contributed by atoms with Crippen LogP contribution in [0.25, 0.3) is 0 Å². The second-order valence-corrected chi connectivity index (χ2v) is 8.56. The maximum absolute atomic E-state index is 12.5. The van der Waals surface area contributed by atoms with Crippen LogP contribution in [0.2, 0.25) is 0 Å². The fourth-order valence-electron chi connectivity index (χ4n) is 2.16. The van der Waals surface area contributed by atoms with Crippen LogP contribution in [0.1, 0.15) is 32.1 Å². The summed E-state index contributed by atoms with van der Waals surface area (Å²) in [6.45, 7) is 0. The lowest BCUT2D eigenvalue weighted by atomic mass is 10.0. The number of benzene rings is 1. The molecular formula is C12H15BrO2S. The van der Waals surface area contributed by atoms with Gasteiger partial charge in [0.25, 0.3) is 0 Å². The molecule has 0 unspecified atom stereocenters. The highest BCUT2D eigenvalue weighted by Gasteiger charge is 2.42. The third-order valence-corrected chi connectivity index (χ3v) is 7.47. The summed E-state index contributed by atoms with van der Waals surface area (Å²) in [7, 11) is -3.24. The van der Waals surface area contributed by atoms with Crippen LogP contribution in [0.15, 0.2) is 35.2 Å². The molecule has 0 spiro atoms. The predicted octanol–water partition coefficient (Wildman–Crippen LogP) is 3.52. The molecule has 0 bridgehead atoms. The Morgan fingerprint density at radius 3 is 2.12 bits per heavy atom. The summed E-state index contributed by atoms with van der Waals surface area (Å²) in [5, 5.41) is 0. The lowest BCUT2D eigenvalue weighted by Gasteiger charge is -2.31. The molecule has 1 fully saturated rings. The first-order valence-corrected chi connectivity index (χ1v) is 7.82. The highest BCUT2D eigenvalue weighted by atomic mass is 79.9. The van der Waals surface area contributed by atoms with Gasteiger partial charge in [-0.1, -0.05) is 53.4 Å². The van der Waals surface area contributed by atoms with Crippen molar-refractivity contribution in [1.82, 2.24) is 0 Å². The molecule has 0 saturated heterocycles. The van der Waals surface area contributed by atoms with Crippen molar-refractivity contribution in [3.8, 4) is 0 Å². The van der Waals surface area contributed by atoms with Crippen LogP contribution < -0.4 is 0 Å². The Bertz CT molecular complexity index is 447. The monoisotopic (exact) mass is 302 g/mol. The molecule has 1 aliphatic carbocycles. The van der Waals surface area contributed by atoms with Crippen LogP contribution in [-0.4, -0.2) is 12.1 Å². The first kappa shape index (κ1) is 12.1. The SMILES string of the molecule is O=S(=O)(c1ccccc1)C1(Br)CCCCC1. The second kappa shape index (κ2) is 4.49. The summed E-state index contributed by atoms with van der Waals surface area (Å²) in [6.07, 6.45) is 4.53. The zero-order valence-corrected chi connectivity index (χ0v) is 11.4. The fraction of sp³-hybridized carbons (Fsp3) is 0.500. The average molecular weight is 303 g/mol. The Labute approximate surface area is 105 Å². The Morgan fingerprint density at radius 2 is 1.56 bits per heavy atom. The van der Waals surface area contributed by atoms with Crippen LogP contribution in [0.5, 0.6) is 0 Å². The van der Waals surface area contributed by atoms with E-state index in [2.05, 4.69) is 15.9 Å². The summed E-state index contributed by atoms with van der Waals surface area (Å²) in [6, 6.07) is 8.72. The van der Waals surface area contributed by atoms with Gasteiger partial charge in [0.15, 0.2) is 9.84 Å². The normalized spacial score (nSPS) is 20.6. The minimum atomic E-state index is -3.24. The van der Waals surface area contributed by atoms with Gasteiger partial charge in [-0.15, -0.1) is 0 Å². The minimum absolute atomic E-state index is 0.425. The van der Waals surface area contributed by atoms with E-state index in [0.717, 1.165) is 19.3 Å². The standard InChI is InChI=1S/C12H15BrO2S/c13-12(9-5-2-6-10-12)16(14,15)11-7-3-1-4-8-11/h1,3-4,7-8H,2,5-6,9-10H2. The van der Waals surface area contributed by atoms with E-state index in [9.17, 15) is 8.42 Å². The van der Waals surface area contributed by atoms with Crippen LogP contribution in [0.4, 0.5) is 0 Å². The van der Waals surface area contributed by atoms with Gasteiger partial charge in [-0.3, -0.25) is 0 Å². The molecule has 1 aromatic carbocycles. The van der Waals surface area contributed by atoms with Crippen molar-refractivity contribution in [3.05, 3.63) is 30.3 Å². The zero-order chi connectivity index (χ0) is 11.6. The topological polar surface area (TPSA) is 34.1 Å². The summed E-state index contributed by atoms with van der Waals surface area (Å²) in [5.74, 6) is 0. The molecule has 0 atom stereocenters. The summed E-state index contributed by atoms with van der Waals surface area (Å²) < 4.78 is 24.2. The van der Waals surface area contributed by atoms with Crippen molar-refractivity contribution in [2.75, 3.05) is 0 Å². The predicted molar refractivity (Wildman–Crippen MR) is 68.4 cm³/mol. The Morgan fingerprint density at radius 1 is 1.00 bits per heavy atom. The van der Waals surface area contributed by atoms with Crippen molar-refractivity contribution < 1.29 is 8.42 Å². The molecule has 88 valence electrons. The number of hydrogen-bond acceptors (Lipinski definition) is 2. The highest BCUT2D eigenvalue weighted by Crippen LogP contribution is 2.43. The van der Waals surface area contributed by atoms with Crippen molar-refractivity contribution in [1.29, 1.82) is 0 Å². The number of alkyl halides is 1. The minimum Gasteiger partial charge on any atom is -0.222 e. The first-order valence-electron chi connectivity index (χ1n) is 5.55.